The molecule has 0 amide bonds. The van der Waals surface area contributed by atoms with E-state index < -0.39 is 35.1 Å². The number of hydrogen-bond acceptors (Lipinski definition) is 8. The van der Waals surface area contributed by atoms with Crippen molar-refractivity contribution in [3.05, 3.63) is 76.4 Å². The van der Waals surface area contributed by atoms with Crippen molar-refractivity contribution in [1.29, 1.82) is 0 Å². The average Bonchev–Trinajstić information content (AvgIpc) is 3.27. The van der Waals surface area contributed by atoms with Gasteiger partial charge in [-0.3, -0.25) is 9.59 Å². The summed E-state index contributed by atoms with van der Waals surface area (Å²) in [6.07, 6.45) is 5.77. The van der Waals surface area contributed by atoms with Crippen LogP contribution in [0, 0.1) is 0 Å². The van der Waals surface area contributed by atoms with Crippen LogP contribution in [-0.4, -0.2) is 34.5 Å². The second kappa shape index (κ2) is 9.27. The van der Waals surface area contributed by atoms with Crippen LogP contribution in [0.2, 0.25) is 0 Å². The lowest BCUT2D eigenvalue weighted by atomic mass is 9.89. The van der Waals surface area contributed by atoms with Crippen molar-refractivity contribution < 1.29 is 38.8 Å². The number of benzene rings is 2. The van der Waals surface area contributed by atoms with Gasteiger partial charge in [0.2, 0.25) is 6.79 Å². The normalized spacial score (nSPS) is 14.8. The molecule has 0 saturated carbocycles. The molecule has 174 valence electrons. The zero-order chi connectivity index (χ0) is 24.4. The SMILES string of the molecule is CC(C)=CC[C@H](OC(=O)/C=C/c1ccc2c(c1)OCO2)c1cc(O)c2c(c1O)C(=O)C=CC2=O. The summed E-state index contributed by atoms with van der Waals surface area (Å²) < 4.78 is 16.2. The van der Waals surface area contributed by atoms with E-state index in [0.29, 0.717) is 17.1 Å². The van der Waals surface area contributed by atoms with E-state index in [9.17, 15) is 24.6 Å². The minimum absolute atomic E-state index is 0.0232. The van der Waals surface area contributed by atoms with Crippen LogP contribution in [0.5, 0.6) is 23.0 Å². The van der Waals surface area contributed by atoms with E-state index in [4.69, 9.17) is 14.2 Å². The number of phenolic OH excluding ortho intramolecular Hbond substituents is 2. The maximum Gasteiger partial charge on any atom is 0.331 e. The number of aromatic hydroxyl groups is 2. The Morgan fingerprint density at radius 1 is 1.06 bits per heavy atom. The number of esters is 1. The molecule has 1 aliphatic heterocycles. The molecule has 2 aromatic carbocycles. The highest BCUT2D eigenvalue weighted by Crippen LogP contribution is 2.41. The molecule has 0 radical (unpaired) electrons. The van der Waals surface area contributed by atoms with Crippen molar-refractivity contribution >= 4 is 23.6 Å². The molecule has 2 aromatic rings. The maximum atomic E-state index is 12.6. The summed E-state index contributed by atoms with van der Waals surface area (Å²) in [7, 11) is 0. The molecule has 4 rings (SSSR count). The van der Waals surface area contributed by atoms with Crippen LogP contribution in [0.4, 0.5) is 0 Å². The Morgan fingerprint density at radius 3 is 2.50 bits per heavy atom. The van der Waals surface area contributed by atoms with E-state index in [1.54, 1.807) is 30.4 Å². The Hall–Kier alpha value is -4.33. The highest BCUT2D eigenvalue weighted by Gasteiger charge is 2.31. The summed E-state index contributed by atoms with van der Waals surface area (Å²) in [5, 5.41) is 21.2. The van der Waals surface area contributed by atoms with Gasteiger partial charge in [-0.2, -0.15) is 0 Å². The topological polar surface area (TPSA) is 119 Å². The van der Waals surface area contributed by atoms with Gasteiger partial charge in [0.25, 0.3) is 0 Å². The summed E-state index contributed by atoms with van der Waals surface area (Å²) in [4.78, 5) is 37.1. The summed E-state index contributed by atoms with van der Waals surface area (Å²) in [6.45, 7) is 3.85. The first kappa shape index (κ1) is 22.8. The first-order valence-corrected chi connectivity index (χ1v) is 10.5. The molecule has 1 aliphatic carbocycles. The number of carbonyl (C=O) groups excluding carboxylic acids is 3. The molecule has 0 aromatic heterocycles. The van der Waals surface area contributed by atoms with Crippen molar-refractivity contribution in [2.75, 3.05) is 6.79 Å². The monoisotopic (exact) mass is 462 g/mol. The molecule has 2 aliphatic rings. The molecule has 34 heavy (non-hydrogen) atoms. The average molecular weight is 462 g/mol. The van der Waals surface area contributed by atoms with Crippen LogP contribution in [0.25, 0.3) is 6.08 Å². The lowest BCUT2D eigenvalue weighted by Gasteiger charge is -2.21. The van der Waals surface area contributed by atoms with Gasteiger partial charge in [-0.1, -0.05) is 17.7 Å². The molecule has 0 unspecified atom stereocenters. The van der Waals surface area contributed by atoms with Crippen LogP contribution >= 0.6 is 0 Å². The highest BCUT2D eigenvalue weighted by atomic mass is 16.7. The minimum atomic E-state index is -1.02. The van der Waals surface area contributed by atoms with Gasteiger partial charge in [0.05, 0.1) is 11.1 Å². The third-order valence-corrected chi connectivity index (χ3v) is 5.34. The molecular weight excluding hydrogens is 440 g/mol. The third kappa shape index (κ3) is 4.56. The number of ketones is 2. The molecule has 8 nitrogen and oxygen atoms in total. The molecular formula is C26H22O8. The zero-order valence-corrected chi connectivity index (χ0v) is 18.5. The zero-order valence-electron chi connectivity index (χ0n) is 18.5. The van der Waals surface area contributed by atoms with Crippen molar-refractivity contribution in [1.82, 2.24) is 0 Å². The second-order valence-electron chi connectivity index (χ2n) is 8.03. The molecule has 1 atom stereocenters. The Labute approximate surface area is 195 Å². The Balaban J connectivity index is 1.63. The van der Waals surface area contributed by atoms with Gasteiger partial charge in [-0.05, 0) is 55.8 Å². The van der Waals surface area contributed by atoms with Gasteiger partial charge in [0, 0.05) is 18.1 Å². The fourth-order valence-corrected chi connectivity index (χ4v) is 3.67. The fraction of sp³-hybridized carbons (Fsp3) is 0.192. The number of hydrogen-bond donors (Lipinski definition) is 2. The van der Waals surface area contributed by atoms with Gasteiger partial charge < -0.3 is 24.4 Å². The molecule has 1 heterocycles. The van der Waals surface area contributed by atoms with Crippen LogP contribution in [0.1, 0.15) is 58.2 Å². The van der Waals surface area contributed by atoms with Gasteiger partial charge >= 0.3 is 5.97 Å². The predicted octanol–water partition coefficient (Wildman–Crippen LogP) is 4.42. The molecule has 2 N–H and O–H groups in total. The maximum absolute atomic E-state index is 12.6. The van der Waals surface area contributed by atoms with Crippen molar-refractivity contribution in [2.45, 2.75) is 26.4 Å². The van der Waals surface area contributed by atoms with Crippen LogP contribution in [0.15, 0.2) is 54.1 Å². The van der Waals surface area contributed by atoms with Crippen LogP contribution in [-0.2, 0) is 9.53 Å². The van der Waals surface area contributed by atoms with E-state index >= 15 is 0 Å². The molecule has 0 spiro atoms. The Bertz CT molecular complexity index is 1280. The number of carbonyl (C=O) groups is 3. The smallest absolute Gasteiger partial charge is 0.331 e. The quantitative estimate of drug-likeness (QED) is 0.280. The Kier molecular flexibility index (Phi) is 6.23. The van der Waals surface area contributed by atoms with Gasteiger partial charge in [0.15, 0.2) is 23.1 Å². The van der Waals surface area contributed by atoms with E-state index in [-0.39, 0.29) is 29.9 Å². The van der Waals surface area contributed by atoms with Crippen LogP contribution in [0.3, 0.4) is 0 Å². The molecule has 0 saturated heterocycles. The fourth-order valence-electron chi connectivity index (χ4n) is 3.67. The van der Waals surface area contributed by atoms with Gasteiger partial charge in [-0.15, -0.1) is 0 Å². The van der Waals surface area contributed by atoms with Crippen LogP contribution < -0.4 is 9.47 Å². The lowest BCUT2D eigenvalue weighted by Crippen LogP contribution is -2.16. The van der Waals surface area contributed by atoms with Crippen molar-refractivity contribution in [2.24, 2.45) is 0 Å². The first-order chi connectivity index (χ1) is 16.2. The minimum Gasteiger partial charge on any atom is -0.507 e. The number of fused-ring (bicyclic) bond motifs is 2. The Morgan fingerprint density at radius 2 is 1.76 bits per heavy atom. The predicted molar refractivity (Wildman–Crippen MR) is 122 cm³/mol. The summed E-state index contributed by atoms with van der Waals surface area (Å²) in [5.74, 6) is -1.72. The van der Waals surface area contributed by atoms with Crippen molar-refractivity contribution in [3.8, 4) is 23.0 Å². The van der Waals surface area contributed by atoms with E-state index in [1.165, 1.54) is 6.08 Å². The largest absolute Gasteiger partial charge is 0.507 e. The van der Waals surface area contributed by atoms with E-state index in [2.05, 4.69) is 0 Å². The van der Waals surface area contributed by atoms with Gasteiger partial charge in [0.1, 0.15) is 17.6 Å². The summed E-state index contributed by atoms with van der Waals surface area (Å²) in [5.41, 5.74) is 1.07. The number of rotatable bonds is 6. The standard InChI is InChI=1S/C26H22O8/c1-14(2)3-8-20(16-12-19(29)24-17(27)6-7-18(28)25(24)26(16)31)34-23(30)10-5-15-4-9-21-22(11-15)33-13-32-21/h3-7,9-12,20,29,31H,8,13H2,1-2H3/b10-5+/t20-/m0/s1. The molecule has 0 bridgehead atoms. The lowest BCUT2D eigenvalue weighted by molar-refractivity contribution is -0.143. The number of ether oxygens (including phenoxy) is 3. The molecule has 8 heteroatoms. The summed E-state index contributed by atoms with van der Waals surface area (Å²) in [6, 6.07) is 6.35. The third-order valence-electron chi connectivity index (χ3n) is 5.34. The van der Waals surface area contributed by atoms with E-state index in [1.807, 2.05) is 13.8 Å². The van der Waals surface area contributed by atoms with Crippen molar-refractivity contribution in [3.63, 3.8) is 0 Å². The summed E-state index contributed by atoms with van der Waals surface area (Å²) >= 11 is 0. The second-order valence-corrected chi connectivity index (χ2v) is 8.03. The first-order valence-electron chi connectivity index (χ1n) is 10.5. The number of allylic oxidation sites excluding steroid dienone is 3. The highest BCUT2D eigenvalue weighted by molar-refractivity contribution is 6.24. The van der Waals surface area contributed by atoms with E-state index in [0.717, 1.165) is 23.8 Å². The van der Waals surface area contributed by atoms with Gasteiger partial charge in [-0.25, -0.2) is 4.79 Å². The number of phenols is 2. The molecule has 0 fully saturated rings.